The number of fused-ring (bicyclic) bond motifs is 1. The fourth-order valence-electron chi connectivity index (χ4n) is 5.52. The molecule has 0 spiro atoms. The first-order valence-electron chi connectivity index (χ1n) is 16.0. The van der Waals surface area contributed by atoms with Crippen LogP contribution in [-0.2, 0) is 50.0 Å². The molecule has 1 saturated heterocycles. The molecule has 1 unspecified atom stereocenters. The Kier molecular flexibility index (Phi) is 12.0. The molecule has 1 atom stereocenters. The molecule has 0 aliphatic carbocycles. The maximum atomic E-state index is 12.9. The monoisotopic (exact) mass is 704 g/mol. The van der Waals surface area contributed by atoms with E-state index in [1.807, 2.05) is 6.07 Å². The van der Waals surface area contributed by atoms with Crippen molar-refractivity contribution < 1.29 is 38.2 Å². The summed E-state index contributed by atoms with van der Waals surface area (Å²) in [5.41, 5.74) is 4.81. The molecule has 3 aromatic rings. The Morgan fingerprint density at radius 2 is 1.78 bits per heavy atom. The summed E-state index contributed by atoms with van der Waals surface area (Å²) >= 11 is 6.46. The summed E-state index contributed by atoms with van der Waals surface area (Å²) in [7, 11) is 1.62. The predicted molar refractivity (Wildman–Crippen MR) is 183 cm³/mol. The van der Waals surface area contributed by atoms with Crippen LogP contribution in [0.3, 0.4) is 0 Å². The number of benzene rings is 3. The van der Waals surface area contributed by atoms with Crippen LogP contribution in [0.4, 0.5) is 21.0 Å². The molecule has 0 radical (unpaired) electrons. The lowest BCUT2D eigenvalue weighted by Gasteiger charge is -2.29. The van der Waals surface area contributed by atoms with Gasteiger partial charge in [0.15, 0.2) is 0 Å². The van der Waals surface area contributed by atoms with E-state index in [1.165, 1.54) is 9.80 Å². The Morgan fingerprint density at radius 1 is 1.02 bits per heavy atom. The van der Waals surface area contributed by atoms with Gasteiger partial charge in [-0.2, -0.15) is 0 Å². The number of nitrogens with one attached hydrogen (secondary N) is 4. The minimum atomic E-state index is -0.688. The second kappa shape index (κ2) is 16.8. The van der Waals surface area contributed by atoms with Crippen molar-refractivity contribution in [2.24, 2.45) is 0 Å². The summed E-state index contributed by atoms with van der Waals surface area (Å²) in [4.78, 5) is 75.0. The molecule has 2 aliphatic rings. The summed E-state index contributed by atoms with van der Waals surface area (Å²) in [5.74, 6) is -1.06. The lowest BCUT2D eigenvalue weighted by atomic mass is 10.0. The number of hydrogen-bond acceptors (Lipinski definition) is 8. The fourth-order valence-corrected chi connectivity index (χ4v) is 5.80. The van der Waals surface area contributed by atoms with Gasteiger partial charge in [0.2, 0.25) is 18.2 Å². The number of anilines is 2. The molecule has 15 heteroatoms. The number of piperidine rings is 1. The van der Waals surface area contributed by atoms with Crippen LogP contribution < -0.4 is 21.3 Å². The van der Waals surface area contributed by atoms with Gasteiger partial charge in [-0.25, -0.2) is 9.59 Å². The molecule has 7 amide bonds. The van der Waals surface area contributed by atoms with Crippen molar-refractivity contribution in [1.82, 2.24) is 20.4 Å². The molecule has 50 heavy (non-hydrogen) atoms. The first kappa shape index (κ1) is 35.8. The highest BCUT2D eigenvalue weighted by Gasteiger charge is 2.39. The molecule has 0 bridgehead atoms. The molecular formula is C35H37ClN6O8. The van der Waals surface area contributed by atoms with E-state index in [0.29, 0.717) is 54.6 Å². The summed E-state index contributed by atoms with van der Waals surface area (Å²) < 4.78 is 11.0. The number of amides is 7. The number of urea groups is 1. The highest BCUT2D eigenvalue weighted by atomic mass is 35.5. The van der Waals surface area contributed by atoms with Gasteiger partial charge in [-0.3, -0.25) is 24.5 Å². The van der Waals surface area contributed by atoms with E-state index in [9.17, 15) is 28.8 Å². The van der Waals surface area contributed by atoms with E-state index in [0.717, 1.165) is 22.3 Å². The van der Waals surface area contributed by atoms with Crippen molar-refractivity contribution in [2.75, 3.05) is 37.4 Å². The average molecular weight is 705 g/mol. The third-order valence-electron chi connectivity index (χ3n) is 8.29. The minimum absolute atomic E-state index is 0.100. The highest BCUT2D eigenvalue weighted by Crippen LogP contribution is 2.28. The summed E-state index contributed by atoms with van der Waals surface area (Å²) in [6.07, 6.45) is 1.11. The molecule has 14 nitrogen and oxygen atoms in total. The van der Waals surface area contributed by atoms with Crippen molar-refractivity contribution in [3.63, 3.8) is 0 Å². The average Bonchev–Trinajstić information content (AvgIpc) is 3.42. The van der Waals surface area contributed by atoms with Crippen LogP contribution in [0, 0.1) is 0 Å². The first-order valence-corrected chi connectivity index (χ1v) is 16.3. The Hall–Kier alpha value is -5.47. The molecule has 1 fully saturated rings. The summed E-state index contributed by atoms with van der Waals surface area (Å²) in [6, 6.07) is 16.3. The first-order chi connectivity index (χ1) is 24.1. The molecule has 0 aromatic heterocycles. The maximum absolute atomic E-state index is 12.9. The van der Waals surface area contributed by atoms with Gasteiger partial charge in [-0.05, 0) is 65.4 Å². The van der Waals surface area contributed by atoms with Gasteiger partial charge in [0.25, 0.3) is 5.91 Å². The standard InChI is InChI=1S/C35H37ClN6O8/c1-41(35(48)50-20-22-2-6-26(7-3-22)38-21-43)13-15-49-14-12-24-5-8-27(17-29(24)36)39-34(47)37-18-23-4-9-28-25(16-23)19-42(33(28)46)30-10-11-31(44)40-32(30)45/h2-9,16-17,21,30H,10-15,18-20H2,1H3,(H,38,43)(H2,37,39,47)(H,40,44,45). The number of carbonyl (C=O) groups excluding carboxylic acids is 6. The number of rotatable bonds is 14. The highest BCUT2D eigenvalue weighted by molar-refractivity contribution is 6.31. The van der Waals surface area contributed by atoms with E-state index in [-0.39, 0.29) is 44.4 Å². The number of carbonyl (C=O) groups is 6. The summed E-state index contributed by atoms with van der Waals surface area (Å²) in [5, 5.41) is 10.9. The number of halogens is 1. The van der Waals surface area contributed by atoms with Gasteiger partial charge < -0.3 is 35.2 Å². The van der Waals surface area contributed by atoms with Gasteiger partial charge in [-0.1, -0.05) is 41.9 Å². The van der Waals surface area contributed by atoms with Gasteiger partial charge in [-0.15, -0.1) is 0 Å². The Labute approximate surface area is 293 Å². The van der Waals surface area contributed by atoms with E-state index in [4.69, 9.17) is 21.1 Å². The van der Waals surface area contributed by atoms with Gasteiger partial charge in [0, 0.05) is 55.1 Å². The topological polar surface area (TPSA) is 175 Å². The van der Waals surface area contributed by atoms with Crippen LogP contribution >= 0.6 is 11.6 Å². The van der Waals surface area contributed by atoms with Crippen molar-refractivity contribution >= 4 is 59.2 Å². The van der Waals surface area contributed by atoms with Crippen LogP contribution in [0.1, 0.15) is 45.5 Å². The Morgan fingerprint density at radius 3 is 2.52 bits per heavy atom. The van der Waals surface area contributed by atoms with Crippen molar-refractivity contribution in [3.05, 3.63) is 93.5 Å². The molecule has 2 aliphatic heterocycles. The molecule has 3 aromatic carbocycles. The summed E-state index contributed by atoms with van der Waals surface area (Å²) in [6.45, 7) is 1.56. The van der Waals surface area contributed by atoms with Crippen LogP contribution in [0.15, 0.2) is 60.7 Å². The van der Waals surface area contributed by atoms with Crippen LogP contribution in [0.25, 0.3) is 0 Å². The molecule has 4 N–H and O–H groups in total. The maximum Gasteiger partial charge on any atom is 0.409 e. The number of ether oxygens (including phenoxy) is 2. The predicted octanol–water partition coefficient (Wildman–Crippen LogP) is 3.82. The third-order valence-corrected chi connectivity index (χ3v) is 8.64. The van der Waals surface area contributed by atoms with Gasteiger partial charge >= 0.3 is 12.1 Å². The number of imide groups is 1. The van der Waals surface area contributed by atoms with E-state index < -0.39 is 24.1 Å². The molecule has 0 saturated carbocycles. The normalized spacial score (nSPS) is 15.2. The number of likely N-dealkylation sites (N-methyl/N-ethyl adjacent to an activating group) is 1. The lowest BCUT2D eigenvalue weighted by Crippen LogP contribution is -2.52. The van der Waals surface area contributed by atoms with Gasteiger partial charge in [0.05, 0.1) is 13.2 Å². The van der Waals surface area contributed by atoms with E-state index >= 15 is 0 Å². The second-order valence-corrected chi connectivity index (χ2v) is 12.2. The number of nitrogens with zero attached hydrogens (tertiary/aromatic N) is 2. The number of hydrogen-bond donors (Lipinski definition) is 4. The Bertz CT molecular complexity index is 1770. The van der Waals surface area contributed by atoms with Crippen molar-refractivity contribution in [2.45, 2.75) is 45.0 Å². The largest absolute Gasteiger partial charge is 0.445 e. The van der Waals surface area contributed by atoms with Crippen LogP contribution in [0.5, 0.6) is 0 Å². The zero-order valence-electron chi connectivity index (χ0n) is 27.3. The second-order valence-electron chi connectivity index (χ2n) is 11.8. The quantitative estimate of drug-likeness (QED) is 0.111. The Balaban J connectivity index is 0.991. The smallest absolute Gasteiger partial charge is 0.409 e. The van der Waals surface area contributed by atoms with Crippen molar-refractivity contribution in [3.8, 4) is 0 Å². The van der Waals surface area contributed by atoms with Crippen LogP contribution in [-0.4, -0.2) is 78.9 Å². The zero-order chi connectivity index (χ0) is 35.6. The van der Waals surface area contributed by atoms with E-state index in [1.54, 1.807) is 61.6 Å². The molecule has 5 rings (SSSR count). The zero-order valence-corrected chi connectivity index (χ0v) is 28.1. The third kappa shape index (κ3) is 9.36. The van der Waals surface area contributed by atoms with Crippen LogP contribution in [0.2, 0.25) is 5.02 Å². The SMILES string of the molecule is CN(CCOCCc1ccc(NC(=O)NCc2ccc3c(c2)CN(C2CCC(=O)NC2=O)C3=O)cc1Cl)C(=O)OCc1ccc(NC=O)cc1. The van der Waals surface area contributed by atoms with Gasteiger partial charge in [0.1, 0.15) is 12.6 Å². The molecule has 262 valence electrons. The minimum Gasteiger partial charge on any atom is -0.445 e. The molecule has 2 heterocycles. The fraction of sp³-hybridized carbons (Fsp3) is 0.314. The molecular weight excluding hydrogens is 668 g/mol. The van der Waals surface area contributed by atoms with E-state index in [2.05, 4.69) is 21.3 Å². The lowest BCUT2D eigenvalue weighted by molar-refractivity contribution is -0.136. The van der Waals surface area contributed by atoms with Crippen molar-refractivity contribution in [1.29, 1.82) is 0 Å².